The van der Waals surface area contributed by atoms with Crippen LogP contribution in [0.25, 0.3) is 0 Å². The monoisotopic (exact) mass is 266 g/mol. The van der Waals surface area contributed by atoms with Crippen LogP contribution < -0.4 is 4.74 Å². The number of Topliss-reactive ketones (excluding diaryl/α,β-unsaturated/α-hetero) is 1. The number of benzene rings is 2. The highest BCUT2D eigenvalue weighted by Gasteiger charge is 2.27. The van der Waals surface area contributed by atoms with Gasteiger partial charge in [-0.15, -0.1) is 0 Å². The Morgan fingerprint density at radius 2 is 1.80 bits per heavy atom. The Morgan fingerprint density at radius 3 is 2.60 bits per heavy atom. The van der Waals surface area contributed by atoms with Gasteiger partial charge in [0.15, 0.2) is 11.9 Å². The molecular weight excluding hydrogens is 248 g/mol. The molecule has 1 atom stereocenters. The first-order valence-corrected chi connectivity index (χ1v) is 7.14. The lowest BCUT2D eigenvalue weighted by atomic mass is 10.0. The first kappa shape index (κ1) is 12.9. The van der Waals surface area contributed by atoms with Crippen LogP contribution in [-0.2, 0) is 17.6 Å². The van der Waals surface area contributed by atoms with Crippen molar-refractivity contribution in [3.8, 4) is 5.75 Å². The zero-order valence-corrected chi connectivity index (χ0v) is 11.4. The molecule has 1 unspecified atom stereocenters. The van der Waals surface area contributed by atoms with Crippen LogP contribution in [0.15, 0.2) is 54.6 Å². The number of rotatable bonds is 5. The summed E-state index contributed by atoms with van der Waals surface area (Å²) in [5.41, 5.74) is 2.44. The van der Waals surface area contributed by atoms with Gasteiger partial charge in [0.05, 0.1) is 0 Å². The van der Waals surface area contributed by atoms with Crippen LogP contribution in [0.3, 0.4) is 0 Å². The molecule has 0 saturated carbocycles. The summed E-state index contributed by atoms with van der Waals surface area (Å²) in [5, 5.41) is 0. The second kappa shape index (κ2) is 5.91. The van der Waals surface area contributed by atoms with Gasteiger partial charge in [0.25, 0.3) is 0 Å². The fourth-order valence-corrected chi connectivity index (χ4v) is 2.63. The van der Waals surface area contributed by atoms with Gasteiger partial charge in [0.2, 0.25) is 0 Å². The number of para-hydroxylation sites is 1. The lowest BCUT2D eigenvalue weighted by Gasteiger charge is -2.09. The predicted molar refractivity (Wildman–Crippen MR) is 78.9 cm³/mol. The minimum absolute atomic E-state index is 0.220. The first-order valence-electron chi connectivity index (χ1n) is 7.14. The summed E-state index contributed by atoms with van der Waals surface area (Å²) in [7, 11) is 0. The second-order valence-corrected chi connectivity index (χ2v) is 5.22. The topological polar surface area (TPSA) is 26.3 Å². The van der Waals surface area contributed by atoms with Gasteiger partial charge in [0, 0.05) is 12.8 Å². The maximum absolute atomic E-state index is 12.2. The maximum atomic E-state index is 12.2. The summed E-state index contributed by atoms with van der Waals surface area (Å²) >= 11 is 0. The standard InChI is InChI=1S/C18H18O2/c19-16(11-6-9-14-7-2-1-3-8-14)18-13-15-10-4-5-12-17(15)20-18/h1-5,7-8,10,12,18H,6,9,11,13H2. The van der Waals surface area contributed by atoms with Gasteiger partial charge < -0.3 is 4.74 Å². The molecule has 0 N–H and O–H groups in total. The summed E-state index contributed by atoms with van der Waals surface area (Å²) in [6.07, 6.45) is 2.88. The zero-order valence-electron chi connectivity index (χ0n) is 11.4. The number of ether oxygens (including phenoxy) is 1. The zero-order chi connectivity index (χ0) is 13.8. The molecule has 0 spiro atoms. The Bertz CT molecular complexity index is 564. The molecule has 2 heteroatoms. The molecule has 0 amide bonds. The fraction of sp³-hybridized carbons (Fsp3) is 0.278. The normalized spacial score (nSPS) is 16.5. The van der Waals surface area contributed by atoms with E-state index in [0.29, 0.717) is 6.42 Å². The third kappa shape index (κ3) is 2.90. The third-order valence-corrected chi connectivity index (χ3v) is 3.74. The van der Waals surface area contributed by atoms with E-state index >= 15 is 0 Å². The highest BCUT2D eigenvalue weighted by atomic mass is 16.5. The maximum Gasteiger partial charge on any atom is 0.173 e. The number of aryl methyl sites for hydroxylation is 1. The molecular formula is C18H18O2. The van der Waals surface area contributed by atoms with Crippen LogP contribution in [0.1, 0.15) is 24.0 Å². The van der Waals surface area contributed by atoms with Gasteiger partial charge in [-0.05, 0) is 30.0 Å². The van der Waals surface area contributed by atoms with Gasteiger partial charge in [0.1, 0.15) is 5.75 Å². The molecule has 1 heterocycles. The number of fused-ring (bicyclic) bond motifs is 1. The quantitative estimate of drug-likeness (QED) is 0.826. The molecule has 0 saturated heterocycles. The van der Waals surface area contributed by atoms with Crippen LogP contribution in [0.4, 0.5) is 0 Å². The van der Waals surface area contributed by atoms with Gasteiger partial charge in [-0.3, -0.25) is 4.79 Å². The minimum Gasteiger partial charge on any atom is -0.482 e. The molecule has 2 aromatic rings. The fourth-order valence-electron chi connectivity index (χ4n) is 2.63. The van der Waals surface area contributed by atoms with E-state index in [9.17, 15) is 4.79 Å². The summed E-state index contributed by atoms with van der Waals surface area (Å²) in [4.78, 5) is 12.2. The molecule has 0 aromatic heterocycles. The number of carbonyl (C=O) groups excluding carboxylic acids is 1. The Hall–Kier alpha value is -2.09. The second-order valence-electron chi connectivity index (χ2n) is 5.22. The molecule has 2 nitrogen and oxygen atoms in total. The van der Waals surface area contributed by atoms with Crippen molar-refractivity contribution in [3.63, 3.8) is 0 Å². The summed E-state index contributed by atoms with van der Waals surface area (Å²) < 4.78 is 5.72. The van der Waals surface area contributed by atoms with Crippen LogP contribution in [0.5, 0.6) is 5.75 Å². The van der Waals surface area contributed by atoms with Gasteiger partial charge in [-0.1, -0.05) is 48.5 Å². The molecule has 102 valence electrons. The average molecular weight is 266 g/mol. The smallest absolute Gasteiger partial charge is 0.173 e. The van der Waals surface area contributed by atoms with Crippen molar-refractivity contribution in [1.82, 2.24) is 0 Å². The number of ketones is 1. The van der Waals surface area contributed by atoms with Crippen molar-refractivity contribution >= 4 is 5.78 Å². The molecule has 0 fully saturated rings. The number of carbonyl (C=O) groups is 1. The van der Waals surface area contributed by atoms with Crippen molar-refractivity contribution < 1.29 is 9.53 Å². The van der Waals surface area contributed by atoms with E-state index < -0.39 is 0 Å². The van der Waals surface area contributed by atoms with E-state index in [-0.39, 0.29) is 11.9 Å². The van der Waals surface area contributed by atoms with E-state index in [1.807, 2.05) is 42.5 Å². The summed E-state index contributed by atoms with van der Waals surface area (Å²) in [6, 6.07) is 18.2. The molecule has 1 aliphatic heterocycles. The highest BCUT2D eigenvalue weighted by molar-refractivity contribution is 5.84. The Balaban J connectivity index is 1.49. The van der Waals surface area contributed by atoms with Crippen LogP contribution in [0, 0.1) is 0 Å². The van der Waals surface area contributed by atoms with E-state index in [0.717, 1.165) is 30.6 Å². The van der Waals surface area contributed by atoms with Crippen LogP contribution in [0.2, 0.25) is 0 Å². The van der Waals surface area contributed by atoms with E-state index in [1.165, 1.54) is 5.56 Å². The summed E-state index contributed by atoms with van der Waals surface area (Å²) in [6.45, 7) is 0. The van der Waals surface area contributed by atoms with Crippen molar-refractivity contribution in [2.75, 3.05) is 0 Å². The van der Waals surface area contributed by atoms with Crippen molar-refractivity contribution in [2.24, 2.45) is 0 Å². The molecule has 0 radical (unpaired) electrons. The van der Waals surface area contributed by atoms with E-state index in [1.54, 1.807) is 0 Å². The SMILES string of the molecule is O=C(CCCc1ccccc1)C1Cc2ccccc2O1. The Morgan fingerprint density at radius 1 is 1.05 bits per heavy atom. The van der Waals surface area contributed by atoms with Gasteiger partial charge in [-0.2, -0.15) is 0 Å². The third-order valence-electron chi connectivity index (χ3n) is 3.74. The lowest BCUT2D eigenvalue weighted by molar-refractivity contribution is -0.125. The molecule has 3 rings (SSSR count). The van der Waals surface area contributed by atoms with E-state index in [2.05, 4.69) is 12.1 Å². The molecule has 20 heavy (non-hydrogen) atoms. The van der Waals surface area contributed by atoms with Crippen LogP contribution >= 0.6 is 0 Å². The van der Waals surface area contributed by atoms with Crippen LogP contribution in [-0.4, -0.2) is 11.9 Å². The Labute approximate surface area is 119 Å². The van der Waals surface area contributed by atoms with Gasteiger partial charge >= 0.3 is 0 Å². The molecule has 1 aliphatic rings. The molecule has 0 aliphatic carbocycles. The average Bonchev–Trinajstić information content (AvgIpc) is 2.92. The predicted octanol–water partition coefficient (Wildman–Crippen LogP) is 3.58. The van der Waals surface area contributed by atoms with E-state index in [4.69, 9.17) is 4.74 Å². The number of hydrogen-bond donors (Lipinski definition) is 0. The lowest BCUT2D eigenvalue weighted by Crippen LogP contribution is -2.25. The Kier molecular flexibility index (Phi) is 3.82. The first-order chi connectivity index (χ1) is 9.83. The van der Waals surface area contributed by atoms with Gasteiger partial charge in [-0.25, -0.2) is 0 Å². The van der Waals surface area contributed by atoms with Crippen molar-refractivity contribution in [3.05, 3.63) is 65.7 Å². The molecule has 0 bridgehead atoms. The van der Waals surface area contributed by atoms with Crippen molar-refractivity contribution in [1.29, 1.82) is 0 Å². The number of hydrogen-bond acceptors (Lipinski definition) is 2. The minimum atomic E-state index is -0.275. The highest BCUT2D eigenvalue weighted by Crippen LogP contribution is 2.29. The van der Waals surface area contributed by atoms with Crippen molar-refractivity contribution in [2.45, 2.75) is 31.8 Å². The summed E-state index contributed by atoms with van der Waals surface area (Å²) in [5.74, 6) is 1.09. The molecule has 2 aromatic carbocycles. The largest absolute Gasteiger partial charge is 0.482 e.